The Morgan fingerprint density at radius 1 is 1.32 bits per heavy atom. The molecular weight excluding hydrogens is 344 g/mol. The third-order valence-corrected chi connectivity index (χ3v) is 5.44. The Morgan fingerprint density at radius 2 is 2.16 bits per heavy atom. The number of hydrogen-bond donors (Lipinski definition) is 0. The summed E-state index contributed by atoms with van der Waals surface area (Å²) in [5, 5.41) is 0.389. The van der Waals surface area contributed by atoms with E-state index < -0.39 is 11.6 Å². The summed E-state index contributed by atoms with van der Waals surface area (Å²) in [5.74, 6) is -1.40. The van der Waals surface area contributed by atoms with E-state index in [0.717, 1.165) is 42.2 Å². The highest BCUT2D eigenvalue weighted by Crippen LogP contribution is 2.35. The summed E-state index contributed by atoms with van der Waals surface area (Å²) in [4.78, 5) is 22.8. The molecule has 0 unspecified atom stereocenters. The van der Waals surface area contributed by atoms with E-state index in [9.17, 15) is 13.6 Å². The molecule has 0 radical (unpaired) electrons. The molecule has 1 amide bonds. The van der Waals surface area contributed by atoms with Crippen LogP contribution < -0.4 is 4.90 Å². The number of carbonyl (C=O) groups is 1. The van der Waals surface area contributed by atoms with Gasteiger partial charge in [0.15, 0.2) is 10.9 Å². The standard InChI is InChI=1S/C18H15F2N3OS/c19-13-7-14(20)16-15(8-13)25-18(22-16)23(17(24)12-4-1-5-12)10-11-3-2-6-21-9-11/h2-3,6-9,12H,1,4-5,10H2. The molecule has 128 valence electrons. The van der Waals surface area contributed by atoms with Gasteiger partial charge in [0.25, 0.3) is 0 Å². The summed E-state index contributed by atoms with van der Waals surface area (Å²) in [5.41, 5.74) is 0.958. The Hall–Kier alpha value is -2.41. The number of halogens is 2. The molecule has 0 bridgehead atoms. The average molecular weight is 359 g/mol. The molecule has 1 saturated carbocycles. The van der Waals surface area contributed by atoms with E-state index >= 15 is 0 Å². The average Bonchev–Trinajstić information content (AvgIpc) is 2.95. The number of nitrogens with zero attached hydrogens (tertiary/aromatic N) is 3. The van der Waals surface area contributed by atoms with Crippen molar-refractivity contribution in [3.05, 3.63) is 53.9 Å². The zero-order valence-corrected chi connectivity index (χ0v) is 14.1. The van der Waals surface area contributed by atoms with E-state index in [4.69, 9.17) is 0 Å². The number of fused-ring (bicyclic) bond motifs is 1. The van der Waals surface area contributed by atoms with Gasteiger partial charge in [-0.3, -0.25) is 14.7 Å². The molecule has 1 aliphatic carbocycles. The lowest BCUT2D eigenvalue weighted by molar-refractivity contribution is -0.124. The third-order valence-electron chi connectivity index (χ3n) is 4.42. The van der Waals surface area contributed by atoms with E-state index in [0.29, 0.717) is 16.4 Å². The first-order valence-electron chi connectivity index (χ1n) is 8.07. The second-order valence-corrected chi connectivity index (χ2v) is 7.15. The summed E-state index contributed by atoms with van der Waals surface area (Å²) < 4.78 is 27.8. The molecule has 4 nitrogen and oxygen atoms in total. The molecule has 0 spiro atoms. The SMILES string of the molecule is O=C(C1CCC1)N(Cc1cccnc1)c1nc2c(F)cc(F)cc2s1. The zero-order valence-electron chi connectivity index (χ0n) is 13.3. The van der Waals surface area contributed by atoms with Crippen molar-refractivity contribution in [2.24, 2.45) is 5.92 Å². The molecule has 0 N–H and O–H groups in total. The van der Waals surface area contributed by atoms with E-state index in [-0.39, 0.29) is 17.3 Å². The van der Waals surface area contributed by atoms with Gasteiger partial charge in [-0.15, -0.1) is 0 Å². The Kier molecular flexibility index (Phi) is 4.17. The normalized spacial score (nSPS) is 14.5. The van der Waals surface area contributed by atoms with E-state index in [2.05, 4.69) is 9.97 Å². The van der Waals surface area contributed by atoms with Crippen molar-refractivity contribution in [3.63, 3.8) is 0 Å². The second-order valence-electron chi connectivity index (χ2n) is 6.14. The molecular formula is C18H15F2N3OS. The summed E-state index contributed by atoms with van der Waals surface area (Å²) in [6.07, 6.45) is 6.11. The van der Waals surface area contributed by atoms with Crippen LogP contribution in [0.2, 0.25) is 0 Å². The highest BCUT2D eigenvalue weighted by atomic mass is 32.1. The zero-order chi connectivity index (χ0) is 17.4. The number of aromatic nitrogens is 2. The van der Waals surface area contributed by atoms with Gasteiger partial charge in [0, 0.05) is 24.4 Å². The quantitative estimate of drug-likeness (QED) is 0.698. The molecule has 1 aromatic carbocycles. The van der Waals surface area contributed by atoms with Crippen molar-refractivity contribution >= 4 is 32.6 Å². The Bertz CT molecular complexity index is 925. The number of benzene rings is 1. The molecule has 7 heteroatoms. The number of thiazole rings is 1. The summed E-state index contributed by atoms with van der Waals surface area (Å²) in [7, 11) is 0. The van der Waals surface area contributed by atoms with Crippen molar-refractivity contribution in [3.8, 4) is 0 Å². The fraction of sp³-hybridized carbons (Fsp3) is 0.278. The maximum Gasteiger partial charge on any atom is 0.232 e. The molecule has 4 rings (SSSR count). The van der Waals surface area contributed by atoms with Crippen molar-refractivity contribution in [2.45, 2.75) is 25.8 Å². The predicted octanol–water partition coefficient (Wildman–Crippen LogP) is 4.30. The molecule has 1 fully saturated rings. The van der Waals surface area contributed by atoms with Crippen LogP contribution in [0.1, 0.15) is 24.8 Å². The maximum atomic E-state index is 14.0. The first-order valence-corrected chi connectivity index (χ1v) is 8.89. The van der Waals surface area contributed by atoms with Crippen molar-refractivity contribution in [2.75, 3.05) is 4.90 Å². The highest BCUT2D eigenvalue weighted by Gasteiger charge is 2.32. The number of pyridine rings is 1. The second kappa shape index (κ2) is 6.48. The summed E-state index contributed by atoms with van der Waals surface area (Å²) in [6, 6.07) is 5.73. The van der Waals surface area contributed by atoms with Crippen LogP contribution in [0, 0.1) is 17.6 Å². The maximum absolute atomic E-state index is 14.0. The van der Waals surface area contributed by atoms with Gasteiger partial charge >= 0.3 is 0 Å². The van der Waals surface area contributed by atoms with Crippen LogP contribution >= 0.6 is 11.3 Å². The lowest BCUT2D eigenvalue weighted by atomic mass is 9.84. The lowest BCUT2D eigenvalue weighted by Gasteiger charge is -2.30. The minimum atomic E-state index is -0.713. The topological polar surface area (TPSA) is 46.1 Å². The number of rotatable bonds is 4. The van der Waals surface area contributed by atoms with Crippen molar-refractivity contribution in [1.29, 1.82) is 0 Å². The van der Waals surface area contributed by atoms with Crippen LogP contribution in [0.25, 0.3) is 10.2 Å². The third kappa shape index (κ3) is 3.11. The van der Waals surface area contributed by atoms with Crippen LogP contribution in [-0.4, -0.2) is 15.9 Å². The van der Waals surface area contributed by atoms with Crippen LogP contribution in [0.4, 0.5) is 13.9 Å². The molecule has 3 aromatic rings. The monoisotopic (exact) mass is 359 g/mol. The van der Waals surface area contributed by atoms with Crippen LogP contribution in [-0.2, 0) is 11.3 Å². The Morgan fingerprint density at radius 3 is 2.84 bits per heavy atom. The van der Waals surface area contributed by atoms with E-state index in [1.165, 1.54) is 6.07 Å². The molecule has 25 heavy (non-hydrogen) atoms. The minimum Gasteiger partial charge on any atom is -0.283 e. The number of carbonyl (C=O) groups excluding carboxylic acids is 1. The fourth-order valence-corrected chi connectivity index (χ4v) is 3.86. The molecule has 2 aromatic heterocycles. The van der Waals surface area contributed by atoms with Gasteiger partial charge in [-0.1, -0.05) is 23.8 Å². The van der Waals surface area contributed by atoms with Crippen molar-refractivity contribution in [1.82, 2.24) is 9.97 Å². The van der Waals surface area contributed by atoms with Crippen LogP contribution in [0.3, 0.4) is 0 Å². The van der Waals surface area contributed by atoms with Gasteiger partial charge in [0.05, 0.1) is 11.2 Å². The molecule has 0 saturated heterocycles. The number of amides is 1. The smallest absolute Gasteiger partial charge is 0.232 e. The van der Waals surface area contributed by atoms with Gasteiger partial charge in [0.2, 0.25) is 5.91 Å². The first-order chi connectivity index (χ1) is 12.1. The van der Waals surface area contributed by atoms with Gasteiger partial charge in [0.1, 0.15) is 11.3 Å². The minimum absolute atomic E-state index is 0.0185. The van der Waals surface area contributed by atoms with Gasteiger partial charge in [-0.05, 0) is 30.5 Å². The van der Waals surface area contributed by atoms with E-state index in [1.54, 1.807) is 23.4 Å². The number of hydrogen-bond acceptors (Lipinski definition) is 4. The van der Waals surface area contributed by atoms with Crippen LogP contribution in [0.15, 0.2) is 36.7 Å². The first kappa shape index (κ1) is 16.1. The van der Waals surface area contributed by atoms with Gasteiger partial charge < -0.3 is 0 Å². The Labute approximate surface area is 147 Å². The summed E-state index contributed by atoms with van der Waals surface area (Å²) in [6.45, 7) is 0.313. The van der Waals surface area contributed by atoms with Crippen molar-refractivity contribution < 1.29 is 13.6 Å². The number of anilines is 1. The molecule has 2 heterocycles. The fourth-order valence-electron chi connectivity index (χ4n) is 2.85. The molecule has 1 aliphatic rings. The Balaban J connectivity index is 1.74. The predicted molar refractivity (Wildman–Crippen MR) is 92.3 cm³/mol. The lowest BCUT2D eigenvalue weighted by Crippen LogP contribution is -2.38. The highest BCUT2D eigenvalue weighted by molar-refractivity contribution is 7.22. The largest absolute Gasteiger partial charge is 0.283 e. The van der Waals surface area contributed by atoms with Gasteiger partial charge in [-0.25, -0.2) is 13.8 Å². The van der Waals surface area contributed by atoms with Crippen LogP contribution in [0.5, 0.6) is 0 Å². The van der Waals surface area contributed by atoms with E-state index in [1.807, 2.05) is 6.07 Å². The molecule has 0 aliphatic heterocycles. The summed E-state index contributed by atoms with van der Waals surface area (Å²) >= 11 is 1.13. The molecule has 0 atom stereocenters. The van der Waals surface area contributed by atoms with Gasteiger partial charge in [-0.2, -0.15) is 0 Å².